The van der Waals surface area contributed by atoms with Gasteiger partial charge in [-0.3, -0.25) is 0 Å². The minimum absolute atomic E-state index is 0.204. The zero-order valence-corrected chi connectivity index (χ0v) is 13.9. The van der Waals surface area contributed by atoms with Gasteiger partial charge in [0.2, 0.25) is 0 Å². The summed E-state index contributed by atoms with van der Waals surface area (Å²) in [6, 6.07) is 12.6. The Bertz CT molecular complexity index is 788. The van der Waals surface area contributed by atoms with Crippen molar-refractivity contribution in [2.24, 2.45) is 0 Å². The number of ether oxygens (including phenoxy) is 2. The fourth-order valence-electron chi connectivity index (χ4n) is 3.01. The number of aromatic carboxylic acids is 1. The lowest BCUT2D eigenvalue weighted by Gasteiger charge is -2.30. The van der Waals surface area contributed by atoms with Crippen molar-refractivity contribution in [2.75, 3.05) is 13.7 Å². The maximum absolute atomic E-state index is 12.3. The monoisotopic (exact) mass is 341 g/mol. The molecule has 0 spiro atoms. The Labute approximate surface area is 145 Å². The summed E-state index contributed by atoms with van der Waals surface area (Å²) in [6.07, 6.45) is 0.0338. The number of benzene rings is 2. The predicted molar refractivity (Wildman–Crippen MR) is 90.7 cm³/mol. The molecule has 25 heavy (non-hydrogen) atoms. The van der Waals surface area contributed by atoms with Crippen molar-refractivity contribution in [1.29, 1.82) is 0 Å². The number of hydrogen-bond acceptors (Lipinski definition) is 4. The average molecular weight is 341 g/mol. The van der Waals surface area contributed by atoms with Gasteiger partial charge in [0.15, 0.2) is 0 Å². The van der Waals surface area contributed by atoms with Crippen LogP contribution in [0, 0.1) is 0 Å². The van der Waals surface area contributed by atoms with Gasteiger partial charge in [0, 0.05) is 12.1 Å². The van der Waals surface area contributed by atoms with Crippen LogP contribution in [0.4, 0.5) is 4.79 Å². The third-order valence-electron chi connectivity index (χ3n) is 4.28. The molecule has 0 unspecified atom stereocenters. The number of rotatable bonds is 4. The Morgan fingerprint density at radius 1 is 1.12 bits per heavy atom. The standard InChI is InChI=1S/C19H19NO5/c1-24-17-8-7-15(18(21)22)14-9-10-20(11-16(14)17)19(23)25-12-13-5-3-2-4-6-13/h2-8H,9-12H2,1H3,(H,21,22). The number of fused-ring (bicyclic) bond motifs is 1. The number of carbonyl (C=O) groups is 2. The lowest BCUT2D eigenvalue weighted by atomic mass is 9.93. The largest absolute Gasteiger partial charge is 0.496 e. The summed E-state index contributed by atoms with van der Waals surface area (Å²) in [5, 5.41) is 9.34. The molecule has 130 valence electrons. The SMILES string of the molecule is COc1ccc(C(=O)O)c2c1CN(C(=O)OCc1ccccc1)CC2. The summed E-state index contributed by atoms with van der Waals surface area (Å²) < 4.78 is 10.7. The highest BCUT2D eigenvalue weighted by Crippen LogP contribution is 2.31. The molecule has 6 nitrogen and oxygen atoms in total. The summed E-state index contributed by atoms with van der Waals surface area (Å²) >= 11 is 0. The molecule has 0 fully saturated rings. The molecule has 0 atom stereocenters. The lowest BCUT2D eigenvalue weighted by Crippen LogP contribution is -2.37. The van der Waals surface area contributed by atoms with E-state index >= 15 is 0 Å². The van der Waals surface area contributed by atoms with Gasteiger partial charge >= 0.3 is 12.1 Å². The van der Waals surface area contributed by atoms with Gasteiger partial charge < -0.3 is 19.5 Å². The summed E-state index contributed by atoms with van der Waals surface area (Å²) in [4.78, 5) is 25.3. The number of methoxy groups -OCH3 is 1. The van der Waals surface area contributed by atoms with E-state index in [1.807, 2.05) is 30.3 Å². The zero-order chi connectivity index (χ0) is 17.8. The first-order chi connectivity index (χ1) is 12.1. The highest BCUT2D eigenvalue weighted by Gasteiger charge is 2.27. The van der Waals surface area contributed by atoms with Crippen molar-refractivity contribution in [3.63, 3.8) is 0 Å². The van der Waals surface area contributed by atoms with Crippen LogP contribution in [0.1, 0.15) is 27.0 Å². The zero-order valence-electron chi connectivity index (χ0n) is 13.9. The van der Waals surface area contributed by atoms with E-state index < -0.39 is 12.1 Å². The molecule has 0 saturated heterocycles. The predicted octanol–water partition coefficient (Wildman–Crippen LogP) is 3.09. The Balaban J connectivity index is 1.75. The third-order valence-corrected chi connectivity index (χ3v) is 4.28. The molecule has 1 N–H and O–H groups in total. The number of carboxylic acids is 1. The van der Waals surface area contributed by atoms with E-state index in [0.717, 1.165) is 16.7 Å². The van der Waals surface area contributed by atoms with Crippen LogP contribution in [-0.2, 0) is 24.3 Å². The van der Waals surface area contributed by atoms with Crippen molar-refractivity contribution < 1.29 is 24.2 Å². The van der Waals surface area contributed by atoms with E-state index in [9.17, 15) is 14.7 Å². The lowest BCUT2D eigenvalue weighted by molar-refractivity contribution is 0.0694. The van der Waals surface area contributed by atoms with E-state index in [4.69, 9.17) is 9.47 Å². The van der Waals surface area contributed by atoms with E-state index in [1.54, 1.807) is 17.0 Å². The molecular weight excluding hydrogens is 322 g/mol. The van der Waals surface area contributed by atoms with Gasteiger partial charge in [0.1, 0.15) is 12.4 Å². The van der Waals surface area contributed by atoms with Gasteiger partial charge in [0.05, 0.1) is 19.2 Å². The summed E-state index contributed by atoms with van der Waals surface area (Å²) in [5.41, 5.74) is 2.62. The Kier molecular flexibility index (Phi) is 4.88. The molecule has 2 aromatic rings. The van der Waals surface area contributed by atoms with Crippen molar-refractivity contribution in [3.05, 3.63) is 64.7 Å². The Morgan fingerprint density at radius 2 is 1.88 bits per heavy atom. The van der Waals surface area contributed by atoms with Crippen LogP contribution >= 0.6 is 0 Å². The van der Waals surface area contributed by atoms with Gasteiger partial charge in [0.25, 0.3) is 0 Å². The van der Waals surface area contributed by atoms with Crippen molar-refractivity contribution in [2.45, 2.75) is 19.6 Å². The van der Waals surface area contributed by atoms with Gasteiger partial charge in [-0.1, -0.05) is 30.3 Å². The maximum atomic E-state index is 12.3. The topological polar surface area (TPSA) is 76.1 Å². The fourth-order valence-corrected chi connectivity index (χ4v) is 3.01. The minimum Gasteiger partial charge on any atom is -0.496 e. The van der Waals surface area contributed by atoms with Crippen LogP contribution in [0.15, 0.2) is 42.5 Å². The number of carbonyl (C=O) groups excluding carboxylic acids is 1. The second-order valence-corrected chi connectivity index (χ2v) is 5.79. The quantitative estimate of drug-likeness (QED) is 0.925. The number of nitrogens with zero attached hydrogens (tertiary/aromatic N) is 1. The Morgan fingerprint density at radius 3 is 2.56 bits per heavy atom. The Hall–Kier alpha value is -3.02. The molecule has 1 aliphatic rings. The number of hydrogen-bond donors (Lipinski definition) is 1. The molecule has 1 heterocycles. The van der Waals surface area contributed by atoms with Crippen LogP contribution in [0.3, 0.4) is 0 Å². The van der Waals surface area contributed by atoms with Crippen LogP contribution in [-0.4, -0.2) is 35.7 Å². The van der Waals surface area contributed by atoms with Gasteiger partial charge in [-0.15, -0.1) is 0 Å². The second-order valence-electron chi connectivity index (χ2n) is 5.79. The first kappa shape index (κ1) is 16.8. The number of carboxylic acid groups (broad SMARTS) is 1. The first-order valence-electron chi connectivity index (χ1n) is 7.98. The molecule has 0 saturated carbocycles. The fraction of sp³-hybridized carbons (Fsp3) is 0.263. The van der Waals surface area contributed by atoms with E-state index in [0.29, 0.717) is 18.7 Å². The summed E-state index contributed by atoms with van der Waals surface area (Å²) in [7, 11) is 1.53. The van der Waals surface area contributed by atoms with Gasteiger partial charge in [-0.25, -0.2) is 9.59 Å². The normalized spacial score (nSPS) is 13.1. The van der Waals surface area contributed by atoms with Crippen molar-refractivity contribution in [3.8, 4) is 5.75 Å². The number of amides is 1. The smallest absolute Gasteiger partial charge is 0.410 e. The molecule has 1 amide bonds. The molecule has 0 aliphatic carbocycles. The highest BCUT2D eigenvalue weighted by atomic mass is 16.6. The molecular formula is C19H19NO5. The van der Waals surface area contributed by atoms with Crippen LogP contribution in [0.25, 0.3) is 0 Å². The minimum atomic E-state index is -0.973. The molecule has 0 radical (unpaired) electrons. The molecule has 1 aliphatic heterocycles. The van der Waals surface area contributed by atoms with E-state index in [2.05, 4.69) is 0 Å². The molecule has 0 bridgehead atoms. The maximum Gasteiger partial charge on any atom is 0.410 e. The van der Waals surface area contributed by atoms with Crippen molar-refractivity contribution in [1.82, 2.24) is 4.90 Å². The van der Waals surface area contributed by atoms with Crippen LogP contribution in [0.2, 0.25) is 0 Å². The molecule has 0 aromatic heterocycles. The van der Waals surface area contributed by atoms with Crippen molar-refractivity contribution >= 4 is 12.1 Å². The first-order valence-corrected chi connectivity index (χ1v) is 7.98. The molecule has 3 rings (SSSR count). The van der Waals surface area contributed by atoms with Gasteiger partial charge in [-0.05, 0) is 29.7 Å². The highest BCUT2D eigenvalue weighted by molar-refractivity contribution is 5.90. The second kappa shape index (κ2) is 7.25. The van der Waals surface area contributed by atoms with E-state index in [1.165, 1.54) is 7.11 Å². The van der Waals surface area contributed by atoms with E-state index in [-0.39, 0.29) is 18.7 Å². The molecule has 2 aromatic carbocycles. The third kappa shape index (κ3) is 3.57. The van der Waals surface area contributed by atoms with Crippen LogP contribution in [0.5, 0.6) is 5.75 Å². The summed E-state index contributed by atoms with van der Waals surface area (Å²) in [6.45, 7) is 0.886. The molecule has 6 heteroatoms. The van der Waals surface area contributed by atoms with Crippen LogP contribution < -0.4 is 4.74 Å². The summed E-state index contributed by atoms with van der Waals surface area (Å²) in [5.74, 6) is -0.389. The van der Waals surface area contributed by atoms with Gasteiger partial charge in [-0.2, -0.15) is 0 Å². The average Bonchev–Trinajstić information content (AvgIpc) is 2.65.